The molecule has 1 aliphatic rings. The van der Waals surface area contributed by atoms with E-state index in [9.17, 15) is 14.7 Å². The van der Waals surface area contributed by atoms with E-state index in [1.807, 2.05) is 20.8 Å². The summed E-state index contributed by atoms with van der Waals surface area (Å²) >= 11 is 0. The topological polar surface area (TPSA) is 75.4 Å². The van der Waals surface area contributed by atoms with Crippen LogP contribution in [-0.2, 0) is 16.1 Å². The number of carbonyl (C=O) groups is 2. The highest BCUT2D eigenvalue weighted by atomic mass is 16.4. The number of hydrogen-bond donors (Lipinski definition) is 1. The summed E-state index contributed by atoms with van der Waals surface area (Å²) in [6.07, 6.45) is 3.42. The third-order valence-electron chi connectivity index (χ3n) is 4.12. The van der Waals surface area contributed by atoms with Crippen molar-refractivity contribution in [1.82, 2.24) is 14.5 Å². The molecule has 1 amide bonds. The standard InChI is InChI=1S/C14H21N3O3/c1-9(2)11-6-17(7-12(11)14(19)20)13(18)8-16-5-4-15-10(16)3/h4-5,9,11-12H,6-8H2,1-3H3,(H,19,20)/t11-,12+/m1/s1. The predicted molar refractivity (Wildman–Crippen MR) is 73.0 cm³/mol. The monoisotopic (exact) mass is 279 g/mol. The molecule has 0 bridgehead atoms. The minimum absolute atomic E-state index is 0.0281. The van der Waals surface area contributed by atoms with Crippen LogP contribution < -0.4 is 0 Å². The normalized spacial score (nSPS) is 22.5. The maximum absolute atomic E-state index is 12.3. The molecule has 1 fully saturated rings. The van der Waals surface area contributed by atoms with Crippen LogP contribution in [0.2, 0.25) is 0 Å². The summed E-state index contributed by atoms with van der Waals surface area (Å²) in [6.45, 7) is 6.92. The van der Waals surface area contributed by atoms with E-state index in [0.29, 0.717) is 13.1 Å². The number of rotatable bonds is 4. The van der Waals surface area contributed by atoms with Gasteiger partial charge in [0.15, 0.2) is 0 Å². The van der Waals surface area contributed by atoms with Crippen molar-refractivity contribution >= 4 is 11.9 Å². The van der Waals surface area contributed by atoms with Gasteiger partial charge < -0.3 is 14.6 Å². The van der Waals surface area contributed by atoms with E-state index in [-0.39, 0.29) is 24.3 Å². The molecule has 0 unspecified atom stereocenters. The van der Waals surface area contributed by atoms with E-state index < -0.39 is 11.9 Å². The summed E-state index contributed by atoms with van der Waals surface area (Å²) in [5, 5.41) is 9.28. The van der Waals surface area contributed by atoms with E-state index in [0.717, 1.165) is 5.82 Å². The van der Waals surface area contributed by atoms with Crippen LogP contribution in [0.3, 0.4) is 0 Å². The molecule has 6 heteroatoms. The van der Waals surface area contributed by atoms with Gasteiger partial charge in [-0.2, -0.15) is 0 Å². The molecule has 0 spiro atoms. The molecule has 0 radical (unpaired) electrons. The fourth-order valence-corrected chi connectivity index (χ4v) is 2.79. The minimum Gasteiger partial charge on any atom is -0.481 e. The van der Waals surface area contributed by atoms with Crippen molar-refractivity contribution < 1.29 is 14.7 Å². The van der Waals surface area contributed by atoms with Crippen molar-refractivity contribution in [2.24, 2.45) is 17.8 Å². The van der Waals surface area contributed by atoms with Gasteiger partial charge in [-0.25, -0.2) is 4.98 Å². The second-order valence-electron chi connectivity index (χ2n) is 5.75. The van der Waals surface area contributed by atoms with Gasteiger partial charge in [-0.15, -0.1) is 0 Å². The number of carboxylic acids is 1. The smallest absolute Gasteiger partial charge is 0.308 e. The first-order valence-electron chi connectivity index (χ1n) is 6.88. The number of aryl methyl sites for hydroxylation is 1. The molecular formula is C14H21N3O3. The predicted octanol–water partition coefficient (Wildman–Crippen LogP) is 1.01. The van der Waals surface area contributed by atoms with Crippen LogP contribution in [0, 0.1) is 24.7 Å². The lowest BCUT2D eigenvalue weighted by atomic mass is 9.86. The number of likely N-dealkylation sites (tertiary alicyclic amines) is 1. The molecule has 1 aromatic rings. The summed E-state index contributed by atoms with van der Waals surface area (Å²) in [7, 11) is 0. The highest BCUT2D eigenvalue weighted by molar-refractivity contribution is 5.79. The molecule has 110 valence electrons. The third kappa shape index (κ3) is 2.84. The van der Waals surface area contributed by atoms with E-state index in [4.69, 9.17) is 0 Å². The van der Waals surface area contributed by atoms with Crippen molar-refractivity contribution in [3.63, 3.8) is 0 Å². The maximum Gasteiger partial charge on any atom is 0.308 e. The van der Waals surface area contributed by atoms with Crippen LogP contribution in [0.5, 0.6) is 0 Å². The van der Waals surface area contributed by atoms with E-state index in [1.165, 1.54) is 0 Å². The first-order chi connectivity index (χ1) is 9.40. The molecule has 0 aromatic carbocycles. The Kier molecular flexibility index (Phi) is 4.11. The molecule has 2 atom stereocenters. The van der Waals surface area contributed by atoms with Gasteiger partial charge in [-0.05, 0) is 18.8 Å². The quantitative estimate of drug-likeness (QED) is 0.892. The van der Waals surface area contributed by atoms with Gasteiger partial charge in [0.25, 0.3) is 0 Å². The highest BCUT2D eigenvalue weighted by Gasteiger charge is 2.40. The zero-order chi connectivity index (χ0) is 14.9. The number of imidazole rings is 1. The van der Waals surface area contributed by atoms with Gasteiger partial charge in [0.2, 0.25) is 5.91 Å². The zero-order valence-corrected chi connectivity index (χ0v) is 12.1. The van der Waals surface area contributed by atoms with E-state index in [2.05, 4.69) is 4.98 Å². The zero-order valence-electron chi connectivity index (χ0n) is 12.1. The largest absolute Gasteiger partial charge is 0.481 e. The molecule has 0 saturated carbocycles. The Morgan fingerprint density at radius 3 is 2.60 bits per heavy atom. The molecule has 0 aliphatic carbocycles. The lowest BCUT2D eigenvalue weighted by Crippen LogP contribution is -2.33. The van der Waals surface area contributed by atoms with Gasteiger partial charge >= 0.3 is 5.97 Å². The van der Waals surface area contributed by atoms with Gasteiger partial charge in [0.1, 0.15) is 12.4 Å². The van der Waals surface area contributed by atoms with Crippen molar-refractivity contribution in [2.75, 3.05) is 13.1 Å². The van der Waals surface area contributed by atoms with Crippen molar-refractivity contribution in [3.8, 4) is 0 Å². The molecule has 6 nitrogen and oxygen atoms in total. The molecule has 1 saturated heterocycles. The Balaban J connectivity index is 2.05. The van der Waals surface area contributed by atoms with Gasteiger partial charge in [0, 0.05) is 25.5 Å². The number of carboxylic acid groups (broad SMARTS) is 1. The molecule has 20 heavy (non-hydrogen) atoms. The molecule has 2 rings (SSSR count). The molecule has 1 N–H and O–H groups in total. The van der Waals surface area contributed by atoms with Gasteiger partial charge in [-0.3, -0.25) is 9.59 Å². The van der Waals surface area contributed by atoms with Crippen molar-refractivity contribution in [2.45, 2.75) is 27.3 Å². The number of amides is 1. The maximum atomic E-state index is 12.3. The van der Waals surface area contributed by atoms with Gasteiger partial charge in [0.05, 0.1) is 5.92 Å². The van der Waals surface area contributed by atoms with E-state index in [1.54, 1.807) is 21.9 Å². The number of hydrogen-bond acceptors (Lipinski definition) is 3. The first kappa shape index (κ1) is 14.6. The summed E-state index contributed by atoms with van der Waals surface area (Å²) in [5.74, 6) is -0.238. The molecule has 1 aromatic heterocycles. The summed E-state index contributed by atoms with van der Waals surface area (Å²) in [6, 6.07) is 0. The van der Waals surface area contributed by atoms with Crippen LogP contribution in [0.1, 0.15) is 19.7 Å². The highest BCUT2D eigenvalue weighted by Crippen LogP contribution is 2.30. The Hall–Kier alpha value is -1.85. The average Bonchev–Trinajstić information content (AvgIpc) is 2.96. The molecular weight excluding hydrogens is 258 g/mol. The van der Waals surface area contributed by atoms with Crippen LogP contribution in [-0.4, -0.2) is 44.5 Å². The van der Waals surface area contributed by atoms with Crippen LogP contribution in [0.15, 0.2) is 12.4 Å². The number of carbonyl (C=O) groups excluding carboxylic acids is 1. The third-order valence-corrected chi connectivity index (χ3v) is 4.12. The van der Waals surface area contributed by atoms with Crippen LogP contribution >= 0.6 is 0 Å². The lowest BCUT2D eigenvalue weighted by molar-refractivity contribution is -0.143. The summed E-state index contributed by atoms with van der Waals surface area (Å²) in [5.41, 5.74) is 0. The average molecular weight is 279 g/mol. The Morgan fingerprint density at radius 1 is 1.45 bits per heavy atom. The lowest BCUT2D eigenvalue weighted by Gasteiger charge is -2.19. The van der Waals surface area contributed by atoms with Crippen molar-refractivity contribution in [1.29, 1.82) is 0 Å². The summed E-state index contributed by atoms with van der Waals surface area (Å²) in [4.78, 5) is 29.3. The number of aromatic nitrogens is 2. The Morgan fingerprint density at radius 2 is 2.15 bits per heavy atom. The second kappa shape index (κ2) is 5.64. The first-order valence-corrected chi connectivity index (χ1v) is 6.88. The summed E-state index contributed by atoms with van der Waals surface area (Å²) < 4.78 is 1.78. The number of aliphatic carboxylic acids is 1. The SMILES string of the molecule is Cc1nccn1CC(=O)N1C[C@H](C(=O)O)[C@@H](C(C)C)C1. The molecule has 2 heterocycles. The second-order valence-corrected chi connectivity index (χ2v) is 5.75. The minimum atomic E-state index is -0.808. The van der Waals surface area contributed by atoms with E-state index >= 15 is 0 Å². The fraction of sp³-hybridized carbons (Fsp3) is 0.643. The molecule has 1 aliphatic heterocycles. The van der Waals surface area contributed by atoms with Crippen molar-refractivity contribution in [3.05, 3.63) is 18.2 Å². The number of nitrogens with zero attached hydrogens (tertiary/aromatic N) is 3. The van der Waals surface area contributed by atoms with Gasteiger partial charge in [-0.1, -0.05) is 13.8 Å². The Bertz CT molecular complexity index is 510. The van der Waals surface area contributed by atoms with Crippen LogP contribution in [0.4, 0.5) is 0 Å². The van der Waals surface area contributed by atoms with Crippen LogP contribution in [0.25, 0.3) is 0 Å². The Labute approximate surface area is 118 Å². The fourth-order valence-electron chi connectivity index (χ4n) is 2.79.